The number of nitrogens with zero attached hydrogens (tertiary/aromatic N) is 1. The second-order valence-electron chi connectivity index (χ2n) is 5.16. The smallest absolute Gasteiger partial charge is 0.263 e. The molecule has 2 atom stereocenters. The Labute approximate surface area is 119 Å². The average molecular weight is 291 g/mol. The summed E-state index contributed by atoms with van der Waals surface area (Å²) in [6, 6.07) is 7.18. The van der Waals surface area contributed by atoms with Crippen molar-refractivity contribution < 1.29 is 8.78 Å². The number of likely N-dealkylation sites (tertiary alicyclic amines) is 1. The summed E-state index contributed by atoms with van der Waals surface area (Å²) in [6.07, 6.45) is -1.29. The van der Waals surface area contributed by atoms with Crippen LogP contribution in [-0.2, 0) is 6.54 Å². The number of hydrogen-bond donors (Lipinski definition) is 1. The molecule has 0 spiro atoms. The highest BCUT2D eigenvalue weighted by molar-refractivity contribution is 5.85. The van der Waals surface area contributed by atoms with E-state index >= 15 is 0 Å². The third kappa shape index (κ3) is 4.13. The average Bonchev–Trinajstić information content (AvgIpc) is 2.70. The van der Waals surface area contributed by atoms with Crippen molar-refractivity contribution in [3.63, 3.8) is 0 Å². The molecule has 1 heterocycles. The topological polar surface area (TPSA) is 29.3 Å². The molecule has 0 amide bonds. The van der Waals surface area contributed by atoms with E-state index in [1.165, 1.54) is 6.07 Å². The lowest BCUT2D eigenvalue weighted by molar-refractivity contribution is 0.151. The van der Waals surface area contributed by atoms with Crippen LogP contribution >= 0.6 is 12.4 Å². The lowest BCUT2D eigenvalue weighted by atomic mass is 10.1. The van der Waals surface area contributed by atoms with Gasteiger partial charge in [-0.1, -0.05) is 18.2 Å². The Bertz CT molecular complexity index is 401. The molecule has 0 radical (unpaired) electrons. The minimum atomic E-state index is -2.39. The molecule has 2 nitrogen and oxygen atoms in total. The molecule has 19 heavy (non-hydrogen) atoms. The van der Waals surface area contributed by atoms with E-state index in [1.807, 2.05) is 6.07 Å². The maximum atomic E-state index is 12.6. The van der Waals surface area contributed by atoms with Crippen LogP contribution in [-0.4, -0.2) is 24.0 Å². The first-order chi connectivity index (χ1) is 8.60. The van der Waals surface area contributed by atoms with Crippen LogP contribution in [0.4, 0.5) is 8.78 Å². The van der Waals surface area contributed by atoms with Crippen LogP contribution in [0.3, 0.4) is 0 Å². The fourth-order valence-corrected chi connectivity index (χ4v) is 2.67. The zero-order valence-electron chi connectivity index (χ0n) is 11.1. The van der Waals surface area contributed by atoms with Gasteiger partial charge in [-0.3, -0.25) is 4.90 Å². The molecule has 0 bridgehead atoms. The van der Waals surface area contributed by atoms with Crippen LogP contribution in [0.2, 0.25) is 0 Å². The van der Waals surface area contributed by atoms with Crippen LogP contribution in [0, 0.1) is 5.92 Å². The minimum absolute atomic E-state index is 0. The van der Waals surface area contributed by atoms with Crippen LogP contribution in [0.25, 0.3) is 0 Å². The Balaban J connectivity index is 0.00000180. The molecule has 1 aliphatic heterocycles. The first kappa shape index (κ1) is 16.3. The van der Waals surface area contributed by atoms with Crippen molar-refractivity contribution >= 4 is 12.4 Å². The molecule has 108 valence electrons. The molecule has 1 fully saturated rings. The van der Waals surface area contributed by atoms with Gasteiger partial charge in [-0.15, -0.1) is 12.4 Å². The van der Waals surface area contributed by atoms with Crippen molar-refractivity contribution in [2.75, 3.05) is 13.1 Å². The highest BCUT2D eigenvalue weighted by Crippen LogP contribution is 2.25. The minimum Gasteiger partial charge on any atom is -0.330 e. The third-order valence-corrected chi connectivity index (χ3v) is 3.71. The first-order valence-electron chi connectivity index (χ1n) is 6.41. The summed E-state index contributed by atoms with van der Waals surface area (Å²) < 4.78 is 25.2. The summed E-state index contributed by atoms with van der Waals surface area (Å²) >= 11 is 0. The van der Waals surface area contributed by atoms with Crippen LogP contribution in [0.5, 0.6) is 0 Å². The number of hydrogen-bond acceptors (Lipinski definition) is 2. The second-order valence-corrected chi connectivity index (χ2v) is 5.16. The maximum Gasteiger partial charge on any atom is 0.263 e. The quantitative estimate of drug-likeness (QED) is 0.922. The van der Waals surface area contributed by atoms with Crippen LogP contribution in [0.1, 0.15) is 30.9 Å². The van der Waals surface area contributed by atoms with E-state index in [0.29, 0.717) is 18.5 Å². The van der Waals surface area contributed by atoms with Crippen LogP contribution < -0.4 is 5.73 Å². The summed E-state index contributed by atoms with van der Waals surface area (Å²) in [7, 11) is 0. The van der Waals surface area contributed by atoms with Crippen molar-refractivity contribution in [1.29, 1.82) is 0 Å². The zero-order valence-corrected chi connectivity index (χ0v) is 11.9. The van der Waals surface area contributed by atoms with E-state index in [0.717, 1.165) is 25.1 Å². The third-order valence-electron chi connectivity index (χ3n) is 3.71. The fourth-order valence-electron chi connectivity index (χ4n) is 2.67. The van der Waals surface area contributed by atoms with Gasteiger partial charge < -0.3 is 5.73 Å². The predicted molar refractivity (Wildman–Crippen MR) is 75.7 cm³/mol. The van der Waals surface area contributed by atoms with Gasteiger partial charge in [-0.25, -0.2) is 8.78 Å². The molecular weight excluding hydrogens is 270 g/mol. The molecular formula is C14H21ClF2N2. The van der Waals surface area contributed by atoms with Gasteiger partial charge in [0.15, 0.2) is 0 Å². The number of rotatable bonds is 4. The molecule has 1 saturated heterocycles. The van der Waals surface area contributed by atoms with Gasteiger partial charge in [0, 0.05) is 24.7 Å². The number of alkyl halides is 2. The highest BCUT2D eigenvalue weighted by Gasteiger charge is 2.27. The Kier molecular flexibility index (Phi) is 6.17. The first-order valence-corrected chi connectivity index (χ1v) is 6.41. The second kappa shape index (κ2) is 7.17. The molecule has 5 heteroatoms. The Morgan fingerprint density at radius 1 is 1.42 bits per heavy atom. The standard InChI is InChI=1S/C14H20F2N2.ClH/c1-10-5-12(7-17)9-18(10)8-11-3-2-4-13(6-11)14(15)16;/h2-4,6,10,12,14H,5,7-9,17H2,1H3;1H. The van der Waals surface area contributed by atoms with E-state index < -0.39 is 6.43 Å². The van der Waals surface area contributed by atoms with Gasteiger partial charge in [0.1, 0.15) is 0 Å². The summed E-state index contributed by atoms with van der Waals surface area (Å²) in [5, 5.41) is 0. The largest absolute Gasteiger partial charge is 0.330 e. The van der Waals surface area contributed by atoms with Crippen molar-refractivity contribution in [1.82, 2.24) is 4.90 Å². The Morgan fingerprint density at radius 3 is 2.74 bits per heavy atom. The number of nitrogens with two attached hydrogens (primary N) is 1. The van der Waals surface area contributed by atoms with Crippen molar-refractivity contribution in [3.8, 4) is 0 Å². The monoisotopic (exact) mass is 290 g/mol. The van der Waals surface area contributed by atoms with Crippen molar-refractivity contribution in [2.45, 2.75) is 32.4 Å². The summed E-state index contributed by atoms with van der Waals surface area (Å²) in [5.41, 5.74) is 6.75. The van der Waals surface area contributed by atoms with Gasteiger partial charge >= 0.3 is 0 Å². The molecule has 0 saturated carbocycles. The van der Waals surface area contributed by atoms with Gasteiger partial charge in [0.25, 0.3) is 6.43 Å². The fraction of sp³-hybridized carbons (Fsp3) is 0.571. The zero-order chi connectivity index (χ0) is 13.1. The predicted octanol–water partition coefficient (Wildman–Crippen LogP) is 3.22. The molecule has 2 rings (SSSR count). The Hall–Kier alpha value is -0.710. The van der Waals surface area contributed by atoms with E-state index in [4.69, 9.17) is 5.73 Å². The van der Waals surface area contributed by atoms with Crippen molar-refractivity contribution in [3.05, 3.63) is 35.4 Å². The van der Waals surface area contributed by atoms with E-state index in [-0.39, 0.29) is 18.0 Å². The van der Waals surface area contributed by atoms with Crippen molar-refractivity contribution in [2.24, 2.45) is 11.7 Å². The van der Waals surface area contributed by atoms with Gasteiger partial charge in [0.05, 0.1) is 0 Å². The molecule has 1 aliphatic rings. The maximum absolute atomic E-state index is 12.6. The number of benzene rings is 1. The molecule has 0 aromatic heterocycles. The van der Waals surface area contributed by atoms with Gasteiger partial charge in [-0.05, 0) is 37.4 Å². The van der Waals surface area contributed by atoms with Gasteiger partial charge in [0.2, 0.25) is 0 Å². The highest BCUT2D eigenvalue weighted by atomic mass is 35.5. The van der Waals surface area contributed by atoms with E-state index in [9.17, 15) is 8.78 Å². The molecule has 0 aliphatic carbocycles. The molecule has 1 aromatic rings. The molecule has 2 N–H and O–H groups in total. The van der Waals surface area contributed by atoms with E-state index in [2.05, 4.69) is 11.8 Å². The molecule has 2 unspecified atom stereocenters. The number of halogens is 3. The normalized spacial score (nSPS) is 23.6. The van der Waals surface area contributed by atoms with E-state index in [1.54, 1.807) is 12.1 Å². The summed E-state index contributed by atoms with van der Waals surface area (Å²) in [5.74, 6) is 0.540. The van der Waals surface area contributed by atoms with Gasteiger partial charge in [-0.2, -0.15) is 0 Å². The lowest BCUT2D eigenvalue weighted by Gasteiger charge is -2.21. The van der Waals surface area contributed by atoms with Crippen LogP contribution in [0.15, 0.2) is 24.3 Å². The SMILES string of the molecule is CC1CC(CN)CN1Cc1cccc(C(F)F)c1.Cl. The summed E-state index contributed by atoms with van der Waals surface area (Å²) in [6.45, 7) is 4.58. The lowest BCUT2D eigenvalue weighted by Crippen LogP contribution is -2.27. The molecule has 1 aromatic carbocycles. The Morgan fingerprint density at radius 2 is 2.16 bits per heavy atom. The summed E-state index contributed by atoms with van der Waals surface area (Å²) in [4.78, 5) is 2.32.